The van der Waals surface area contributed by atoms with Gasteiger partial charge in [-0.25, -0.2) is 9.18 Å². The molecule has 0 saturated heterocycles. The zero-order valence-electron chi connectivity index (χ0n) is 8.97. The minimum atomic E-state index is -5.15. The third-order valence-electron chi connectivity index (χ3n) is 1.89. The summed E-state index contributed by atoms with van der Waals surface area (Å²) in [5.74, 6) is -4.29. The van der Waals surface area contributed by atoms with Gasteiger partial charge in [0.15, 0.2) is 0 Å². The summed E-state index contributed by atoms with van der Waals surface area (Å²) in [7, 11) is 1.06. The van der Waals surface area contributed by atoms with Gasteiger partial charge < -0.3 is 10.1 Å². The van der Waals surface area contributed by atoms with Gasteiger partial charge in [-0.1, -0.05) is 0 Å². The van der Waals surface area contributed by atoms with E-state index in [9.17, 15) is 27.2 Å². The van der Waals surface area contributed by atoms with Crippen molar-refractivity contribution in [2.75, 3.05) is 12.4 Å². The van der Waals surface area contributed by atoms with Crippen molar-refractivity contribution in [3.8, 4) is 0 Å². The van der Waals surface area contributed by atoms with Crippen LogP contribution in [0, 0.1) is 5.82 Å². The van der Waals surface area contributed by atoms with Gasteiger partial charge in [0.05, 0.1) is 18.4 Å². The molecular weight excluding hydrogens is 258 g/mol. The molecule has 1 N–H and O–H groups in total. The van der Waals surface area contributed by atoms with Crippen molar-refractivity contribution >= 4 is 17.6 Å². The Balaban J connectivity index is 3.02. The number of halogens is 4. The molecule has 1 rings (SSSR count). The van der Waals surface area contributed by atoms with E-state index >= 15 is 0 Å². The van der Waals surface area contributed by atoms with E-state index < -0.39 is 29.6 Å². The van der Waals surface area contributed by atoms with Crippen molar-refractivity contribution in [2.24, 2.45) is 0 Å². The van der Waals surface area contributed by atoms with Gasteiger partial charge in [-0.15, -0.1) is 0 Å². The van der Waals surface area contributed by atoms with Gasteiger partial charge in [-0.3, -0.25) is 4.79 Å². The molecule has 0 aliphatic rings. The van der Waals surface area contributed by atoms with Crippen molar-refractivity contribution < 1.29 is 31.9 Å². The molecular formula is C10H7F4NO3. The maximum Gasteiger partial charge on any atom is 0.471 e. The highest BCUT2D eigenvalue weighted by atomic mass is 19.4. The standard InChI is InChI=1S/C10H7F4NO3/c1-18-8(16)5-2-3-6(11)7(4-5)15-9(17)10(12,13)14/h2-4H,1H3,(H,15,17). The minimum Gasteiger partial charge on any atom is -0.465 e. The number of ether oxygens (including phenoxy) is 1. The first-order valence-corrected chi connectivity index (χ1v) is 4.51. The zero-order chi connectivity index (χ0) is 13.9. The smallest absolute Gasteiger partial charge is 0.465 e. The summed E-state index contributed by atoms with van der Waals surface area (Å²) in [6.45, 7) is 0. The van der Waals surface area contributed by atoms with Gasteiger partial charge in [0.25, 0.3) is 0 Å². The summed E-state index contributed by atoms with van der Waals surface area (Å²) in [4.78, 5) is 21.7. The number of rotatable bonds is 2. The fourth-order valence-corrected chi connectivity index (χ4v) is 1.06. The summed E-state index contributed by atoms with van der Waals surface area (Å²) in [5, 5.41) is 1.32. The number of benzene rings is 1. The van der Waals surface area contributed by atoms with E-state index in [0.29, 0.717) is 0 Å². The summed E-state index contributed by atoms with van der Waals surface area (Å²) >= 11 is 0. The van der Waals surface area contributed by atoms with E-state index in [0.717, 1.165) is 25.3 Å². The highest BCUT2D eigenvalue weighted by Gasteiger charge is 2.39. The first-order chi connectivity index (χ1) is 8.25. The first kappa shape index (κ1) is 13.9. The molecule has 8 heteroatoms. The average molecular weight is 265 g/mol. The first-order valence-electron chi connectivity index (χ1n) is 4.51. The van der Waals surface area contributed by atoms with Crippen LogP contribution in [-0.4, -0.2) is 25.2 Å². The van der Waals surface area contributed by atoms with E-state index in [4.69, 9.17) is 0 Å². The van der Waals surface area contributed by atoms with E-state index in [1.165, 1.54) is 5.32 Å². The molecule has 0 fully saturated rings. The Morgan fingerprint density at radius 1 is 1.28 bits per heavy atom. The lowest BCUT2D eigenvalue weighted by Crippen LogP contribution is -2.30. The van der Waals surface area contributed by atoms with Gasteiger partial charge in [-0.05, 0) is 18.2 Å². The third-order valence-corrected chi connectivity index (χ3v) is 1.89. The Labute approximate surface area is 98.5 Å². The normalized spacial score (nSPS) is 10.9. The topological polar surface area (TPSA) is 55.4 Å². The minimum absolute atomic E-state index is 0.184. The monoisotopic (exact) mass is 265 g/mol. The molecule has 0 radical (unpaired) electrons. The number of hydrogen-bond donors (Lipinski definition) is 1. The van der Waals surface area contributed by atoms with Gasteiger partial charge in [0.1, 0.15) is 5.82 Å². The summed E-state index contributed by atoms with van der Waals surface area (Å²) in [6.07, 6.45) is -5.15. The Kier molecular flexibility index (Phi) is 3.89. The Morgan fingerprint density at radius 3 is 2.39 bits per heavy atom. The Hall–Kier alpha value is -2.12. The Bertz CT molecular complexity index is 485. The molecule has 98 valence electrons. The van der Waals surface area contributed by atoms with E-state index in [1.807, 2.05) is 0 Å². The van der Waals surface area contributed by atoms with Crippen LogP contribution in [0.1, 0.15) is 10.4 Å². The fourth-order valence-electron chi connectivity index (χ4n) is 1.06. The number of carbonyl (C=O) groups excluding carboxylic acids is 2. The molecule has 0 heterocycles. The highest BCUT2D eigenvalue weighted by Crippen LogP contribution is 2.21. The second-order valence-electron chi connectivity index (χ2n) is 3.14. The molecule has 4 nitrogen and oxygen atoms in total. The fraction of sp³-hybridized carbons (Fsp3) is 0.200. The Morgan fingerprint density at radius 2 is 1.89 bits per heavy atom. The molecule has 1 aromatic rings. The lowest BCUT2D eigenvalue weighted by atomic mass is 10.2. The molecule has 0 aromatic heterocycles. The van der Waals surface area contributed by atoms with Crippen LogP contribution in [0.5, 0.6) is 0 Å². The molecule has 0 unspecified atom stereocenters. The van der Waals surface area contributed by atoms with Crippen LogP contribution in [0.4, 0.5) is 23.2 Å². The highest BCUT2D eigenvalue weighted by molar-refractivity contribution is 5.97. The van der Waals surface area contributed by atoms with Crippen molar-refractivity contribution in [3.63, 3.8) is 0 Å². The average Bonchev–Trinajstić information content (AvgIpc) is 2.29. The predicted octanol–water partition coefficient (Wildman–Crippen LogP) is 2.11. The zero-order valence-corrected chi connectivity index (χ0v) is 8.97. The van der Waals surface area contributed by atoms with E-state index in [-0.39, 0.29) is 5.56 Å². The second kappa shape index (κ2) is 5.03. The third kappa shape index (κ3) is 3.19. The maximum absolute atomic E-state index is 13.2. The van der Waals surface area contributed by atoms with Gasteiger partial charge in [-0.2, -0.15) is 13.2 Å². The predicted molar refractivity (Wildman–Crippen MR) is 52.4 cm³/mol. The summed E-state index contributed by atoms with van der Waals surface area (Å²) in [6, 6.07) is 2.52. The van der Waals surface area contributed by atoms with Crippen molar-refractivity contribution in [2.45, 2.75) is 6.18 Å². The van der Waals surface area contributed by atoms with Gasteiger partial charge in [0.2, 0.25) is 0 Å². The van der Waals surface area contributed by atoms with Crippen molar-refractivity contribution in [1.82, 2.24) is 0 Å². The number of amides is 1. The molecule has 0 bridgehead atoms. The molecule has 0 aliphatic carbocycles. The number of esters is 1. The summed E-state index contributed by atoms with van der Waals surface area (Å²) < 4.78 is 53.4. The number of anilines is 1. The lowest BCUT2D eigenvalue weighted by molar-refractivity contribution is -0.167. The number of hydrogen-bond acceptors (Lipinski definition) is 3. The molecule has 0 atom stereocenters. The van der Waals surface area contributed by atoms with Crippen LogP contribution < -0.4 is 5.32 Å². The van der Waals surface area contributed by atoms with Crippen molar-refractivity contribution in [1.29, 1.82) is 0 Å². The number of nitrogens with one attached hydrogen (secondary N) is 1. The van der Waals surface area contributed by atoms with Crippen LogP contribution in [0.3, 0.4) is 0 Å². The van der Waals surface area contributed by atoms with Crippen molar-refractivity contribution in [3.05, 3.63) is 29.6 Å². The van der Waals surface area contributed by atoms with Crippen LogP contribution >= 0.6 is 0 Å². The number of carbonyl (C=O) groups is 2. The SMILES string of the molecule is COC(=O)c1ccc(F)c(NC(=O)C(F)(F)F)c1. The van der Waals surface area contributed by atoms with Crippen LogP contribution in [-0.2, 0) is 9.53 Å². The number of alkyl halides is 3. The van der Waals surface area contributed by atoms with E-state index in [1.54, 1.807) is 0 Å². The number of methoxy groups -OCH3 is 1. The van der Waals surface area contributed by atoms with Crippen LogP contribution in [0.2, 0.25) is 0 Å². The molecule has 0 spiro atoms. The molecule has 0 aliphatic heterocycles. The molecule has 1 amide bonds. The second-order valence-corrected chi connectivity index (χ2v) is 3.14. The molecule has 0 saturated carbocycles. The quantitative estimate of drug-likeness (QED) is 0.658. The maximum atomic E-state index is 13.2. The van der Waals surface area contributed by atoms with Gasteiger partial charge in [0, 0.05) is 0 Å². The largest absolute Gasteiger partial charge is 0.471 e. The van der Waals surface area contributed by atoms with Crippen LogP contribution in [0.15, 0.2) is 18.2 Å². The molecule has 18 heavy (non-hydrogen) atoms. The summed E-state index contributed by atoms with van der Waals surface area (Å²) in [5.41, 5.74) is -0.934. The van der Waals surface area contributed by atoms with E-state index in [2.05, 4.69) is 4.74 Å². The van der Waals surface area contributed by atoms with Gasteiger partial charge >= 0.3 is 18.1 Å². The van der Waals surface area contributed by atoms with Crippen LogP contribution in [0.25, 0.3) is 0 Å². The molecule has 1 aromatic carbocycles. The lowest BCUT2D eigenvalue weighted by Gasteiger charge is -2.09.